The molecule has 1 heterocycles. The molecule has 13 heavy (non-hydrogen) atoms. The summed E-state index contributed by atoms with van der Waals surface area (Å²) >= 11 is 0. The minimum absolute atomic E-state index is 0. The molecule has 0 fully saturated rings. The van der Waals surface area contributed by atoms with Crippen molar-refractivity contribution in [2.24, 2.45) is 0 Å². The number of benzene rings is 1. The van der Waals surface area contributed by atoms with Gasteiger partial charge in [-0.15, -0.1) is 11.5 Å². The van der Waals surface area contributed by atoms with Gasteiger partial charge in [-0.05, 0) is 18.0 Å². The van der Waals surface area contributed by atoms with Crippen LogP contribution in [-0.2, 0) is 18.6 Å². The van der Waals surface area contributed by atoms with Crippen LogP contribution in [0.5, 0.6) is 0 Å². The number of rotatable bonds is 0. The Morgan fingerprint density at radius 2 is 1.85 bits per heavy atom. The topological polar surface area (TPSA) is 12.9 Å². The van der Waals surface area contributed by atoms with E-state index in [1.54, 1.807) is 0 Å². The Morgan fingerprint density at radius 3 is 2.62 bits per heavy atom. The smallest absolute Gasteiger partial charge is 0.0268 e. The molecule has 0 bridgehead atoms. The van der Waals surface area contributed by atoms with E-state index in [4.69, 9.17) is 0 Å². The first-order chi connectivity index (χ1) is 5.75. The molecule has 2 rings (SSSR count). The molecular formula is C11H10NV-. The third-order valence-electron chi connectivity index (χ3n) is 1.87. The molecule has 1 nitrogen and oxygen atoms in total. The summed E-state index contributed by atoms with van der Waals surface area (Å²) in [6.07, 6.45) is 1.87. The largest absolute Gasteiger partial charge is 0.283 e. The van der Waals surface area contributed by atoms with E-state index in [2.05, 4.69) is 37.0 Å². The van der Waals surface area contributed by atoms with Crippen LogP contribution in [0.4, 0.5) is 0 Å². The van der Waals surface area contributed by atoms with Crippen molar-refractivity contribution in [2.45, 2.75) is 13.8 Å². The first-order valence-corrected chi connectivity index (χ1v) is 4.00. The van der Waals surface area contributed by atoms with E-state index in [9.17, 15) is 0 Å². The number of hydrogen-bond donors (Lipinski definition) is 0. The number of nitrogens with zero attached hydrogens (tertiary/aromatic N) is 1. The zero-order valence-electron chi connectivity index (χ0n) is 7.70. The van der Waals surface area contributed by atoms with Crippen LogP contribution in [0.25, 0.3) is 10.9 Å². The summed E-state index contributed by atoms with van der Waals surface area (Å²) in [7, 11) is 0. The van der Waals surface area contributed by atoms with E-state index in [0.29, 0.717) is 0 Å². The minimum atomic E-state index is 0. The molecule has 0 N–H and O–H groups in total. The Hall–Kier alpha value is -0.786. The summed E-state index contributed by atoms with van der Waals surface area (Å²) < 4.78 is 0. The monoisotopic (exact) mass is 207 g/mol. The van der Waals surface area contributed by atoms with Crippen LogP contribution >= 0.6 is 0 Å². The number of hydrogen-bond acceptors (Lipinski definition) is 1. The third-order valence-corrected chi connectivity index (χ3v) is 1.87. The maximum Gasteiger partial charge on any atom is 0.0268 e. The first-order valence-electron chi connectivity index (χ1n) is 4.00. The van der Waals surface area contributed by atoms with E-state index in [0.717, 1.165) is 5.52 Å². The van der Waals surface area contributed by atoms with E-state index >= 15 is 0 Å². The van der Waals surface area contributed by atoms with Crippen LogP contribution in [0.2, 0.25) is 0 Å². The maximum atomic E-state index is 4.27. The quantitative estimate of drug-likeness (QED) is 0.605. The summed E-state index contributed by atoms with van der Waals surface area (Å²) in [5, 5.41) is 1.18. The molecule has 1 aromatic carbocycles. The van der Waals surface area contributed by atoms with Gasteiger partial charge in [0.2, 0.25) is 0 Å². The summed E-state index contributed by atoms with van der Waals surface area (Å²) in [6, 6.07) is 9.36. The van der Waals surface area contributed by atoms with Crippen molar-refractivity contribution in [3.63, 3.8) is 0 Å². The zero-order chi connectivity index (χ0) is 8.55. The Balaban J connectivity index is 0.000000845. The van der Waals surface area contributed by atoms with E-state index in [1.165, 1.54) is 16.5 Å². The standard InChI is InChI=1S/C11H10N.V/c1-8-3-4-11-10(5-8)6-9(2)7-12-11;/h3,5-7H,1-2H3;/q-1;. The molecule has 0 spiro atoms. The summed E-state index contributed by atoms with van der Waals surface area (Å²) in [5.41, 5.74) is 3.38. The Labute approximate surface area is 90.1 Å². The number of aromatic nitrogens is 1. The SMILES string of the molecule is Cc1c[c-]c2ncc(C)cc2c1.[V]. The van der Waals surface area contributed by atoms with Gasteiger partial charge in [-0.1, -0.05) is 6.92 Å². The fourth-order valence-electron chi connectivity index (χ4n) is 1.29. The fraction of sp³-hybridized carbons (Fsp3) is 0.182. The van der Waals surface area contributed by atoms with Crippen LogP contribution in [0.1, 0.15) is 11.1 Å². The molecule has 1 radical (unpaired) electrons. The summed E-state index contributed by atoms with van der Waals surface area (Å²) in [6.45, 7) is 4.12. The molecular weight excluding hydrogens is 197 g/mol. The molecule has 0 atom stereocenters. The van der Waals surface area contributed by atoms with E-state index in [-0.39, 0.29) is 18.6 Å². The summed E-state index contributed by atoms with van der Waals surface area (Å²) in [4.78, 5) is 4.27. The van der Waals surface area contributed by atoms with Gasteiger partial charge in [0.1, 0.15) is 0 Å². The predicted octanol–water partition coefficient (Wildman–Crippen LogP) is 2.65. The normalized spacial score (nSPS) is 9.69. The van der Waals surface area contributed by atoms with Gasteiger partial charge in [-0.3, -0.25) is 4.98 Å². The summed E-state index contributed by atoms with van der Waals surface area (Å²) in [5.74, 6) is 0. The van der Waals surface area contributed by atoms with Gasteiger partial charge in [0.15, 0.2) is 0 Å². The average Bonchev–Trinajstić information content (AvgIpc) is 2.03. The van der Waals surface area contributed by atoms with Crippen molar-refractivity contribution in [1.82, 2.24) is 4.98 Å². The molecule has 0 saturated carbocycles. The molecule has 0 saturated heterocycles. The van der Waals surface area contributed by atoms with Gasteiger partial charge in [-0.2, -0.15) is 23.8 Å². The van der Waals surface area contributed by atoms with Crippen LogP contribution in [0.3, 0.4) is 0 Å². The molecule has 65 valence electrons. The second-order valence-corrected chi connectivity index (χ2v) is 3.13. The van der Waals surface area contributed by atoms with Crippen molar-refractivity contribution in [2.75, 3.05) is 0 Å². The van der Waals surface area contributed by atoms with Gasteiger partial charge in [0.05, 0.1) is 0 Å². The maximum absolute atomic E-state index is 4.27. The van der Waals surface area contributed by atoms with Crippen LogP contribution in [0.15, 0.2) is 24.4 Å². The van der Waals surface area contributed by atoms with E-state index < -0.39 is 0 Å². The van der Waals surface area contributed by atoms with Crippen molar-refractivity contribution in [3.05, 3.63) is 41.6 Å². The van der Waals surface area contributed by atoms with Gasteiger partial charge in [0, 0.05) is 24.8 Å². The Bertz CT molecular complexity index is 387. The van der Waals surface area contributed by atoms with Crippen molar-refractivity contribution < 1.29 is 18.6 Å². The van der Waals surface area contributed by atoms with Crippen molar-refractivity contribution in [3.8, 4) is 0 Å². The zero-order valence-corrected chi connectivity index (χ0v) is 9.10. The molecule has 0 unspecified atom stereocenters. The molecule has 0 aliphatic carbocycles. The molecule has 2 aromatic rings. The predicted molar refractivity (Wildman–Crippen MR) is 50.1 cm³/mol. The van der Waals surface area contributed by atoms with Crippen LogP contribution in [-0.4, -0.2) is 4.98 Å². The molecule has 2 heteroatoms. The second-order valence-electron chi connectivity index (χ2n) is 3.13. The molecule has 0 aliphatic heterocycles. The molecule has 0 aliphatic rings. The molecule has 1 aromatic heterocycles. The van der Waals surface area contributed by atoms with Crippen LogP contribution in [0, 0.1) is 19.9 Å². The van der Waals surface area contributed by atoms with Gasteiger partial charge < -0.3 is 0 Å². The molecule has 0 amide bonds. The van der Waals surface area contributed by atoms with Crippen molar-refractivity contribution in [1.29, 1.82) is 0 Å². The Kier molecular flexibility index (Phi) is 3.13. The second kappa shape index (κ2) is 3.95. The first kappa shape index (κ1) is 10.3. The fourth-order valence-corrected chi connectivity index (χ4v) is 1.29. The number of pyridine rings is 1. The number of fused-ring (bicyclic) bond motifs is 1. The van der Waals surface area contributed by atoms with E-state index in [1.807, 2.05) is 12.3 Å². The van der Waals surface area contributed by atoms with Gasteiger partial charge in [0.25, 0.3) is 0 Å². The third kappa shape index (κ3) is 2.12. The van der Waals surface area contributed by atoms with Gasteiger partial charge >= 0.3 is 0 Å². The average molecular weight is 207 g/mol. The number of aryl methyl sites for hydroxylation is 2. The van der Waals surface area contributed by atoms with Crippen LogP contribution < -0.4 is 0 Å². The van der Waals surface area contributed by atoms with Gasteiger partial charge in [-0.25, -0.2) is 0 Å². The van der Waals surface area contributed by atoms with Crippen molar-refractivity contribution >= 4 is 10.9 Å². The minimum Gasteiger partial charge on any atom is -0.283 e. The Morgan fingerprint density at radius 1 is 1.15 bits per heavy atom.